The first-order valence-corrected chi connectivity index (χ1v) is 7.86. The molecule has 122 valence electrons. The number of benzene rings is 2. The second-order valence-electron chi connectivity index (χ2n) is 5.82. The van der Waals surface area contributed by atoms with Gasteiger partial charge in [-0.3, -0.25) is 4.79 Å². The van der Waals surface area contributed by atoms with Crippen LogP contribution in [0.3, 0.4) is 0 Å². The Bertz CT molecular complexity index is 793. The van der Waals surface area contributed by atoms with Gasteiger partial charge >= 0.3 is 0 Å². The highest BCUT2D eigenvalue weighted by atomic mass is 19.1. The fraction of sp³-hybridized carbons (Fsp3) is 0.150. The van der Waals surface area contributed by atoms with Crippen LogP contribution < -0.4 is 5.32 Å². The lowest BCUT2D eigenvalue weighted by Crippen LogP contribution is -2.19. The molecular formula is C20H19FN2O. The van der Waals surface area contributed by atoms with Gasteiger partial charge in [0.1, 0.15) is 5.82 Å². The van der Waals surface area contributed by atoms with Crippen molar-refractivity contribution in [2.75, 3.05) is 5.32 Å². The molecule has 3 rings (SSSR count). The van der Waals surface area contributed by atoms with Gasteiger partial charge in [0.2, 0.25) is 5.91 Å². The topological polar surface area (TPSA) is 34.0 Å². The maximum absolute atomic E-state index is 13.2. The van der Waals surface area contributed by atoms with Crippen molar-refractivity contribution < 1.29 is 9.18 Å². The number of aromatic nitrogens is 1. The fourth-order valence-corrected chi connectivity index (χ4v) is 2.66. The van der Waals surface area contributed by atoms with Crippen molar-refractivity contribution >= 4 is 11.6 Å². The first kappa shape index (κ1) is 16.0. The number of nitrogens with zero attached hydrogens (tertiary/aromatic N) is 1. The van der Waals surface area contributed by atoms with E-state index in [2.05, 4.69) is 5.32 Å². The Labute approximate surface area is 140 Å². The van der Waals surface area contributed by atoms with Crippen molar-refractivity contribution in [1.29, 1.82) is 0 Å². The maximum atomic E-state index is 13.2. The van der Waals surface area contributed by atoms with Crippen molar-refractivity contribution in [2.24, 2.45) is 0 Å². The van der Waals surface area contributed by atoms with E-state index in [1.165, 1.54) is 12.1 Å². The summed E-state index contributed by atoms with van der Waals surface area (Å²) in [6, 6.07) is 17.6. The molecule has 0 aliphatic rings. The van der Waals surface area contributed by atoms with Gasteiger partial charge in [-0.05, 0) is 48.9 Å². The smallest absolute Gasteiger partial charge is 0.226 e. The summed E-state index contributed by atoms with van der Waals surface area (Å²) in [7, 11) is 0. The van der Waals surface area contributed by atoms with Gasteiger partial charge in [-0.1, -0.05) is 29.8 Å². The average molecular weight is 322 g/mol. The van der Waals surface area contributed by atoms with Crippen molar-refractivity contribution in [1.82, 2.24) is 4.57 Å². The number of amides is 1. The van der Waals surface area contributed by atoms with E-state index < -0.39 is 0 Å². The molecule has 0 aliphatic carbocycles. The fourth-order valence-electron chi connectivity index (χ4n) is 2.66. The molecule has 1 N–H and O–H groups in total. The highest BCUT2D eigenvalue weighted by Crippen LogP contribution is 2.23. The van der Waals surface area contributed by atoms with E-state index in [-0.39, 0.29) is 24.2 Å². The summed E-state index contributed by atoms with van der Waals surface area (Å²) in [5.41, 5.74) is 2.81. The Morgan fingerprint density at radius 2 is 1.67 bits per heavy atom. The number of hydrogen-bond acceptors (Lipinski definition) is 1. The van der Waals surface area contributed by atoms with Gasteiger partial charge in [0, 0.05) is 18.1 Å². The Hall–Kier alpha value is -2.88. The molecule has 3 nitrogen and oxygen atoms in total. The number of hydrogen-bond donors (Lipinski definition) is 1. The van der Waals surface area contributed by atoms with Crippen LogP contribution in [0.15, 0.2) is 73.1 Å². The molecule has 0 aliphatic heterocycles. The predicted molar refractivity (Wildman–Crippen MR) is 93.4 cm³/mol. The van der Waals surface area contributed by atoms with Gasteiger partial charge in [0.15, 0.2) is 0 Å². The third kappa shape index (κ3) is 3.90. The summed E-state index contributed by atoms with van der Waals surface area (Å²) in [6.45, 7) is 2.00. The lowest BCUT2D eigenvalue weighted by Gasteiger charge is -2.19. The van der Waals surface area contributed by atoms with Crippen LogP contribution in [-0.4, -0.2) is 10.5 Å². The minimum Gasteiger partial charge on any atom is -0.346 e. The minimum absolute atomic E-state index is 0.0816. The second-order valence-corrected chi connectivity index (χ2v) is 5.82. The molecule has 1 amide bonds. The van der Waals surface area contributed by atoms with Gasteiger partial charge in [-0.2, -0.15) is 0 Å². The lowest BCUT2D eigenvalue weighted by molar-refractivity contribution is -0.116. The van der Waals surface area contributed by atoms with Crippen LogP contribution >= 0.6 is 0 Å². The van der Waals surface area contributed by atoms with Gasteiger partial charge in [-0.15, -0.1) is 0 Å². The number of anilines is 1. The van der Waals surface area contributed by atoms with Gasteiger partial charge in [0.05, 0.1) is 12.5 Å². The molecule has 24 heavy (non-hydrogen) atoms. The van der Waals surface area contributed by atoms with Crippen LogP contribution in [0.1, 0.15) is 23.6 Å². The van der Waals surface area contributed by atoms with Crippen LogP contribution in [0.2, 0.25) is 0 Å². The van der Waals surface area contributed by atoms with Gasteiger partial charge in [-0.25, -0.2) is 4.39 Å². The Balaban J connectivity index is 1.77. The van der Waals surface area contributed by atoms with Crippen LogP contribution in [0.5, 0.6) is 0 Å². The second kappa shape index (κ2) is 7.13. The first-order chi connectivity index (χ1) is 11.6. The number of carbonyl (C=O) groups is 1. The van der Waals surface area contributed by atoms with Gasteiger partial charge in [0.25, 0.3) is 0 Å². The normalized spacial score (nSPS) is 11.9. The SMILES string of the molecule is Cc1ccc(NC(=O)C[C@H](c2ccc(F)cc2)n2cccc2)cc1. The van der Waals surface area contributed by atoms with E-state index in [1.54, 1.807) is 12.1 Å². The van der Waals surface area contributed by atoms with Crippen LogP contribution in [0.4, 0.5) is 10.1 Å². The molecule has 1 aromatic heterocycles. The molecule has 2 aromatic carbocycles. The van der Waals surface area contributed by atoms with Crippen molar-refractivity contribution in [3.63, 3.8) is 0 Å². The van der Waals surface area contributed by atoms with E-state index >= 15 is 0 Å². The lowest BCUT2D eigenvalue weighted by atomic mass is 10.0. The summed E-state index contributed by atoms with van der Waals surface area (Å²) in [4.78, 5) is 12.4. The molecule has 0 saturated carbocycles. The molecule has 0 saturated heterocycles. The third-order valence-corrected chi connectivity index (χ3v) is 3.96. The molecule has 0 unspecified atom stereocenters. The molecule has 4 heteroatoms. The molecule has 1 atom stereocenters. The number of aryl methyl sites for hydroxylation is 1. The summed E-state index contributed by atoms with van der Waals surface area (Å²) in [5.74, 6) is -0.365. The average Bonchev–Trinajstić information content (AvgIpc) is 3.10. The van der Waals surface area contributed by atoms with E-state index in [4.69, 9.17) is 0 Å². The molecule has 3 aromatic rings. The van der Waals surface area contributed by atoms with E-state index in [1.807, 2.05) is 60.3 Å². The number of carbonyl (C=O) groups excluding carboxylic acids is 1. The van der Waals surface area contributed by atoms with Crippen molar-refractivity contribution in [2.45, 2.75) is 19.4 Å². The highest BCUT2D eigenvalue weighted by molar-refractivity contribution is 5.91. The summed E-state index contributed by atoms with van der Waals surface area (Å²) >= 11 is 0. The Morgan fingerprint density at radius 1 is 1.04 bits per heavy atom. The molecule has 0 spiro atoms. The minimum atomic E-state index is -0.283. The predicted octanol–water partition coefficient (Wildman–Crippen LogP) is 4.55. The summed E-state index contributed by atoms with van der Waals surface area (Å²) in [6.07, 6.45) is 4.09. The number of halogens is 1. The number of nitrogens with one attached hydrogen (secondary N) is 1. The summed E-state index contributed by atoms with van der Waals surface area (Å²) in [5, 5.41) is 2.92. The van der Waals surface area contributed by atoms with Crippen LogP contribution in [0.25, 0.3) is 0 Å². The summed E-state index contributed by atoms with van der Waals surface area (Å²) < 4.78 is 15.1. The maximum Gasteiger partial charge on any atom is 0.226 e. The Morgan fingerprint density at radius 3 is 2.29 bits per heavy atom. The van der Waals surface area contributed by atoms with Crippen molar-refractivity contribution in [3.05, 3.63) is 90.0 Å². The molecule has 1 heterocycles. The standard InChI is InChI=1S/C20H19FN2O/c1-15-4-10-18(11-5-15)22-20(24)14-19(23-12-2-3-13-23)16-6-8-17(21)9-7-16/h2-13,19H,14H2,1H3,(H,22,24)/t19-/m1/s1. The third-order valence-electron chi connectivity index (χ3n) is 3.96. The van der Waals surface area contributed by atoms with Gasteiger partial charge < -0.3 is 9.88 Å². The largest absolute Gasteiger partial charge is 0.346 e. The zero-order valence-electron chi connectivity index (χ0n) is 13.4. The zero-order chi connectivity index (χ0) is 16.9. The molecule has 0 radical (unpaired) electrons. The van der Waals surface area contributed by atoms with Crippen LogP contribution in [0, 0.1) is 12.7 Å². The monoisotopic (exact) mass is 322 g/mol. The molecular weight excluding hydrogens is 303 g/mol. The Kier molecular flexibility index (Phi) is 4.75. The quantitative estimate of drug-likeness (QED) is 0.734. The first-order valence-electron chi connectivity index (χ1n) is 7.86. The van der Waals surface area contributed by atoms with E-state index in [9.17, 15) is 9.18 Å². The number of rotatable bonds is 5. The highest BCUT2D eigenvalue weighted by Gasteiger charge is 2.17. The zero-order valence-corrected chi connectivity index (χ0v) is 13.4. The van der Waals surface area contributed by atoms with Crippen LogP contribution in [-0.2, 0) is 4.79 Å². The van der Waals surface area contributed by atoms with E-state index in [0.717, 1.165) is 16.8 Å². The van der Waals surface area contributed by atoms with Crippen molar-refractivity contribution in [3.8, 4) is 0 Å². The molecule has 0 bridgehead atoms. The van der Waals surface area contributed by atoms with E-state index in [0.29, 0.717) is 0 Å². The molecule has 0 fully saturated rings.